The van der Waals surface area contributed by atoms with E-state index in [0.717, 1.165) is 66.0 Å². The molecule has 0 aliphatic carbocycles. The Hall–Kier alpha value is -6.00. The Kier molecular flexibility index (Phi) is 14.4. The molecule has 2 aromatic carbocycles. The van der Waals surface area contributed by atoms with Crippen LogP contribution in [0.25, 0.3) is 33.3 Å². The number of benzene rings is 2. The summed E-state index contributed by atoms with van der Waals surface area (Å²) in [6.07, 6.45) is 3.86. The van der Waals surface area contributed by atoms with E-state index in [9.17, 15) is 24.0 Å². The minimum atomic E-state index is -3.54. The fourth-order valence-corrected chi connectivity index (χ4v) is 9.89. The minimum Gasteiger partial charge on any atom is -0.464 e. The highest BCUT2D eigenvalue weighted by atomic mass is 19.3. The molecule has 0 spiro atoms. The number of hydrogen-bond acceptors (Lipinski definition) is 9. The number of rotatable bonds is 10. The van der Waals surface area contributed by atoms with Crippen LogP contribution < -0.4 is 10.7 Å². The molecule has 16 heteroatoms. The molecule has 67 heavy (non-hydrogen) atoms. The van der Waals surface area contributed by atoms with Gasteiger partial charge in [-0.15, -0.1) is 0 Å². The first-order chi connectivity index (χ1) is 31.8. The van der Waals surface area contributed by atoms with Gasteiger partial charge in [0.05, 0.1) is 30.6 Å². The number of esters is 1. The number of amides is 4. The van der Waals surface area contributed by atoms with Crippen LogP contribution in [0.5, 0.6) is 0 Å². The third kappa shape index (κ3) is 10.0. The lowest BCUT2D eigenvalue weighted by Crippen LogP contribution is -2.62. The first kappa shape index (κ1) is 48.9. The van der Waals surface area contributed by atoms with Crippen molar-refractivity contribution in [2.75, 3.05) is 40.4 Å². The average Bonchev–Trinajstić information content (AvgIpc) is 3.80. The molecule has 2 N–H and O–H groups in total. The Labute approximate surface area is 391 Å². The van der Waals surface area contributed by atoms with E-state index < -0.39 is 84.0 Å². The van der Waals surface area contributed by atoms with Crippen molar-refractivity contribution in [1.29, 1.82) is 0 Å². The summed E-state index contributed by atoms with van der Waals surface area (Å²) in [5.41, 5.74) is 9.92. The van der Waals surface area contributed by atoms with Gasteiger partial charge in [-0.2, -0.15) is 0 Å². The number of fused-ring (bicyclic) bond motifs is 6. The topological polar surface area (TPSA) is 155 Å². The molecule has 14 nitrogen and oxygen atoms in total. The third-order valence-electron chi connectivity index (χ3n) is 13.4. The second-order valence-corrected chi connectivity index (χ2v) is 19.2. The second kappa shape index (κ2) is 19.7. The van der Waals surface area contributed by atoms with Crippen LogP contribution in [0.4, 0.5) is 8.78 Å². The van der Waals surface area contributed by atoms with Gasteiger partial charge in [-0.3, -0.25) is 34.0 Å². The maximum atomic E-state index is 15.3. The van der Waals surface area contributed by atoms with E-state index in [4.69, 9.17) is 14.5 Å². The number of nitrogens with one attached hydrogen (secondary N) is 2. The number of pyridine rings is 1. The van der Waals surface area contributed by atoms with Crippen molar-refractivity contribution < 1.29 is 42.2 Å². The summed E-state index contributed by atoms with van der Waals surface area (Å²) in [5, 5.41) is 5.26. The Morgan fingerprint density at radius 2 is 1.84 bits per heavy atom. The van der Waals surface area contributed by atoms with Crippen LogP contribution >= 0.6 is 0 Å². The van der Waals surface area contributed by atoms with Crippen molar-refractivity contribution in [1.82, 2.24) is 35.1 Å². The summed E-state index contributed by atoms with van der Waals surface area (Å²) < 4.78 is 44.8. The van der Waals surface area contributed by atoms with E-state index in [2.05, 4.69) is 66.9 Å². The zero-order valence-electron chi connectivity index (χ0n) is 39.7. The normalized spacial score (nSPS) is 21.6. The number of cyclic esters (lactones) is 1. The van der Waals surface area contributed by atoms with Gasteiger partial charge in [-0.05, 0) is 91.6 Å². The quantitative estimate of drug-likeness (QED) is 0.134. The number of halogens is 2. The molecular weight excluding hydrogens is 861 g/mol. The largest absolute Gasteiger partial charge is 0.464 e. The number of hydrazine groups is 1. The number of likely N-dealkylation sites (tertiary alicyclic amines) is 1. The highest BCUT2D eigenvalue weighted by Gasteiger charge is 2.54. The highest BCUT2D eigenvalue weighted by molar-refractivity contribution is 5.96. The van der Waals surface area contributed by atoms with Crippen molar-refractivity contribution in [3.63, 3.8) is 0 Å². The molecule has 4 amide bonds. The fraction of sp³-hybridized carbons (Fsp3) is 0.490. The maximum absolute atomic E-state index is 15.3. The molecule has 358 valence electrons. The van der Waals surface area contributed by atoms with Crippen LogP contribution in [-0.2, 0) is 52.8 Å². The van der Waals surface area contributed by atoms with E-state index in [-0.39, 0.29) is 25.7 Å². The molecule has 2 fully saturated rings. The molecule has 7 rings (SSSR count). The number of hydrogen-bond donors (Lipinski definition) is 2. The first-order valence-electron chi connectivity index (χ1n) is 23.1. The monoisotopic (exact) mass is 923 g/mol. The molecule has 6 bridgehead atoms. The van der Waals surface area contributed by atoms with Gasteiger partial charge in [0, 0.05) is 68.3 Å². The number of alkyl halides is 2. The van der Waals surface area contributed by atoms with E-state index in [1.165, 1.54) is 12.1 Å². The summed E-state index contributed by atoms with van der Waals surface area (Å²) in [6, 6.07) is 14.8. The third-order valence-corrected chi connectivity index (χ3v) is 13.4. The minimum absolute atomic E-state index is 0.0208. The van der Waals surface area contributed by atoms with Gasteiger partial charge >= 0.3 is 5.97 Å². The van der Waals surface area contributed by atoms with Crippen molar-refractivity contribution in [3.05, 3.63) is 90.3 Å². The molecule has 3 aliphatic heterocycles. The van der Waals surface area contributed by atoms with Gasteiger partial charge in [0.2, 0.25) is 17.7 Å². The van der Waals surface area contributed by atoms with Crippen molar-refractivity contribution in [3.8, 4) is 22.4 Å². The first-order valence-corrected chi connectivity index (χ1v) is 23.1. The molecule has 3 aliphatic rings. The number of nitrogens with zero attached hydrogens (tertiary/aromatic N) is 5. The Morgan fingerprint density at radius 1 is 1.09 bits per heavy atom. The smallest absolute Gasteiger partial charge is 0.324 e. The molecule has 1 unspecified atom stereocenters. The van der Waals surface area contributed by atoms with Gasteiger partial charge in [0.25, 0.3) is 11.8 Å². The lowest BCUT2D eigenvalue weighted by atomic mass is 9.84. The van der Waals surface area contributed by atoms with Crippen LogP contribution in [0.15, 0.2) is 73.4 Å². The number of ether oxygens (including phenoxy) is 2. The maximum Gasteiger partial charge on any atom is 0.324 e. The van der Waals surface area contributed by atoms with Gasteiger partial charge in [0.1, 0.15) is 24.0 Å². The van der Waals surface area contributed by atoms with Gasteiger partial charge in [-0.1, -0.05) is 64.6 Å². The lowest BCUT2D eigenvalue weighted by Gasteiger charge is -2.37. The Bertz CT molecular complexity index is 2560. The summed E-state index contributed by atoms with van der Waals surface area (Å²) in [7, 11) is 2.95. The second-order valence-electron chi connectivity index (χ2n) is 19.2. The van der Waals surface area contributed by atoms with Gasteiger partial charge in [-0.25, -0.2) is 14.2 Å². The Balaban J connectivity index is 1.29. The van der Waals surface area contributed by atoms with E-state index >= 15 is 8.78 Å². The fourth-order valence-electron chi connectivity index (χ4n) is 9.89. The molecule has 4 aromatic rings. The predicted molar refractivity (Wildman–Crippen MR) is 250 cm³/mol. The van der Waals surface area contributed by atoms with E-state index in [0.29, 0.717) is 25.8 Å². The highest BCUT2D eigenvalue weighted by Crippen LogP contribution is 2.42. The summed E-state index contributed by atoms with van der Waals surface area (Å²) >= 11 is 0. The van der Waals surface area contributed by atoms with E-state index in [1.54, 1.807) is 27.2 Å². The average molecular weight is 924 g/mol. The van der Waals surface area contributed by atoms with Crippen molar-refractivity contribution in [2.24, 2.45) is 17.3 Å². The zero-order chi connectivity index (χ0) is 48.5. The Morgan fingerprint density at radius 3 is 2.54 bits per heavy atom. The van der Waals surface area contributed by atoms with Crippen molar-refractivity contribution in [2.45, 2.75) is 104 Å². The standard InChI is InChI=1S/C51H63F2N7O7/c1-10-42(61)58-27-38(51(52,53)28-58)47(63)57(8)44(30(3)4)46(62)55-40-24-32-15-12-16-33(23-32)34-19-20-41-36(25-34)37(45(59(41)11-2)35-17-13-21-54-43(35)31(5)66-9)26-50(6,7)29-67-49(65)39-18-14-22-60(56-39)48(40)64/h10,12-13,15-17,19-21,23,25,30-31,38-40,44,56H,1,11,14,18,22,24,26-29H2,2-9H3,(H,55,62)/t31-,38-,39-,40-,44?/m0/s1. The molecule has 0 radical (unpaired) electrons. The van der Waals surface area contributed by atoms with Crippen LogP contribution in [0.1, 0.15) is 77.3 Å². The number of carbonyl (C=O) groups excluding carboxylic acids is 5. The molecule has 0 saturated carbocycles. The molecule has 2 saturated heterocycles. The SMILES string of the molecule is C=CC(=O)N1C[C@@H](C(=O)N(C)C(C(=O)N[C@H]2Cc3cccc(c3)-c3ccc4c(c3)c(c(-c3cccnc3[C@H](C)OC)n4CC)CC(C)(C)COC(=O)[C@@H]3CCCN(N3)C2=O)C(C)C)C(F)(F)C1. The lowest BCUT2D eigenvalue weighted by molar-refractivity contribution is -0.155. The van der Waals surface area contributed by atoms with Crippen LogP contribution in [0, 0.1) is 17.3 Å². The summed E-state index contributed by atoms with van der Waals surface area (Å²) in [5.74, 6) is -9.48. The van der Waals surface area contributed by atoms with E-state index in [1.807, 2.05) is 37.3 Å². The number of methoxy groups -OCH3 is 1. The van der Waals surface area contributed by atoms with Gasteiger partial charge in [0.15, 0.2) is 0 Å². The van der Waals surface area contributed by atoms with Crippen LogP contribution in [-0.4, -0.2) is 118 Å². The summed E-state index contributed by atoms with van der Waals surface area (Å²) in [6.45, 7) is 14.5. The molecule has 2 aromatic heterocycles. The number of aryl methyl sites for hydroxylation is 1. The van der Waals surface area contributed by atoms with Gasteiger partial charge < -0.3 is 29.2 Å². The molecule has 5 heterocycles. The molecule has 5 atom stereocenters. The van der Waals surface area contributed by atoms with Crippen molar-refractivity contribution >= 4 is 40.5 Å². The number of carbonyl (C=O) groups is 5. The number of aromatic nitrogens is 2. The molecular formula is C51H63F2N7O7. The summed E-state index contributed by atoms with van der Waals surface area (Å²) in [4.78, 5) is 75.8. The number of likely N-dealkylation sites (N-methyl/N-ethyl adjacent to an activating group) is 1. The zero-order valence-corrected chi connectivity index (χ0v) is 39.7. The van der Waals surface area contributed by atoms with Crippen LogP contribution in [0.2, 0.25) is 0 Å². The predicted octanol–water partition coefficient (Wildman–Crippen LogP) is 6.51. The van der Waals surface area contributed by atoms with Crippen LogP contribution in [0.3, 0.4) is 0 Å².